The third-order valence-corrected chi connectivity index (χ3v) is 20.2. The summed E-state index contributed by atoms with van der Waals surface area (Å²) in [6, 6.07) is 109. The minimum absolute atomic E-state index is 0.838. The topological polar surface area (TPSA) is 61.4 Å². The van der Waals surface area contributed by atoms with E-state index in [1.54, 1.807) is 0 Å². The van der Waals surface area contributed by atoms with Crippen LogP contribution in [0.3, 0.4) is 0 Å². The fourth-order valence-electron chi connectivity index (χ4n) is 16.2. The predicted molar refractivity (Wildman–Crippen MR) is 393 cm³/mol. The Bertz CT molecular complexity index is 6540. The van der Waals surface area contributed by atoms with Gasteiger partial charge in [0.05, 0.1) is 44.1 Å². The van der Waals surface area contributed by atoms with E-state index in [1.165, 1.54) is 104 Å². The molecule has 0 amide bonds. The molecule has 0 aliphatic heterocycles. The van der Waals surface area contributed by atoms with Crippen LogP contribution < -0.4 is 0 Å². The van der Waals surface area contributed by atoms with Gasteiger partial charge in [0, 0.05) is 43.4 Å². The fraction of sp³-hybridized carbons (Fsp3) is 0. The van der Waals surface area contributed by atoms with E-state index in [2.05, 4.69) is 312 Å². The highest BCUT2D eigenvalue weighted by Gasteiger charge is 2.30. The number of hydrogen-bond acceptors (Lipinski definition) is 4. The minimum atomic E-state index is 0.838. The van der Waals surface area contributed by atoms with E-state index in [9.17, 15) is 0 Å². The van der Waals surface area contributed by atoms with Gasteiger partial charge in [-0.3, -0.25) is 9.13 Å². The molecule has 6 heteroatoms. The van der Waals surface area contributed by atoms with Gasteiger partial charge in [-0.05, 0) is 141 Å². The van der Waals surface area contributed by atoms with Gasteiger partial charge in [0.25, 0.3) is 0 Å². The summed E-state index contributed by atoms with van der Waals surface area (Å²) in [6.45, 7) is 0. The standard InChI is InChI=1S/2C44H25N3/c1-3-15-29-26(10-1)12-5-21-35(29)43-44(46-42-30-16-4-2-11-27(30)24-25-36(42)45-43)47-37-22-8-19-33-31-17-6-13-28-14-7-18-32(39(28)31)34-20-9-23-38(47)41(34)40(33)37;1-2-11-29-25-30(22-21-26(29)9-1)42-44(46-43-31-14-4-3-10-27(31)23-24-36(43)45-42)47-37-19-7-17-34-32-15-5-12-28-13-6-16-33(39(28)32)35-18-8-20-38(47)41(35)40(34)37/h2*1-25H. The molecule has 0 atom stereocenters. The maximum absolute atomic E-state index is 5.62. The van der Waals surface area contributed by atoms with Crippen LogP contribution in [0.4, 0.5) is 0 Å². The highest BCUT2D eigenvalue weighted by Crippen LogP contribution is 2.53. The largest absolute Gasteiger partial charge is 0.292 e. The van der Waals surface area contributed by atoms with Crippen molar-refractivity contribution in [1.82, 2.24) is 29.1 Å². The number of rotatable bonds is 4. The van der Waals surface area contributed by atoms with Crippen LogP contribution in [-0.2, 0) is 0 Å². The lowest BCUT2D eigenvalue weighted by atomic mass is 9.93. The van der Waals surface area contributed by atoms with Gasteiger partial charge < -0.3 is 0 Å². The molecule has 6 nitrogen and oxygen atoms in total. The Kier molecular flexibility index (Phi) is 10.6. The van der Waals surface area contributed by atoms with Crippen LogP contribution in [0.25, 0.3) is 209 Å². The molecule has 0 saturated heterocycles. The second-order valence-corrected chi connectivity index (χ2v) is 25.1. The second-order valence-electron chi connectivity index (χ2n) is 25.1. The van der Waals surface area contributed by atoms with Crippen LogP contribution in [0.2, 0.25) is 0 Å². The van der Waals surface area contributed by atoms with Crippen molar-refractivity contribution in [3.05, 3.63) is 303 Å². The van der Waals surface area contributed by atoms with Crippen LogP contribution in [-0.4, -0.2) is 29.1 Å². The number of nitrogens with zero attached hydrogens (tertiary/aromatic N) is 6. The Hall–Kier alpha value is -12.6. The summed E-state index contributed by atoms with van der Waals surface area (Å²) in [4.78, 5) is 22.1. The maximum Gasteiger partial charge on any atom is 0.165 e. The van der Waals surface area contributed by atoms with E-state index in [0.717, 1.165) is 105 Å². The van der Waals surface area contributed by atoms with Crippen molar-refractivity contribution in [3.8, 4) is 78.7 Å². The van der Waals surface area contributed by atoms with Crippen LogP contribution >= 0.6 is 0 Å². The van der Waals surface area contributed by atoms with Gasteiger partial charge in [0.15, 0.2) is 11.6 Å². The summed E-state index contributed by atoms with van der Waals surface area (Å²) < 4.78 is 4.74. The van der Waals surface area contributed by atoms with Crippen molar-refractivity contribution < 1.29 is 0 Å². The summed E-state index contributed by atoms with van der Waals surface area (Å²) in [5, 5.41) is 19.4. The zero-order valence-corrected chi connectivity index (χ0v) is 50.6. The third kappa shape index (κ3) is 7.19. The lowest BCUT2D eigenvalue weighted by Crippen LogP contribution is -2.04. The van der Waals surface area contributed by atoms with Crippen molar-refractivity contribution >= 4 is 130 Å². The van der Waals surface area contributed by atoms with Crippen molar-refractivity contribution in [2.75, 3.05) is 0 Å². The van der Waals surface area contributed by atoms with E-state index in [4.69, 9.17) is 19.9 Å². The zero-order chi connectivity index (χ0) is 61.3. The minimum Gasteiger partial charge on any atom is -0.292 e. The Balaban J connectivity index is 0.000000126. The molecule has 0 unspecified atom stereocenters. The molecule has 0 spiro atoms. The van der Waals surface area contributed by atoms with E-state index in [1.807, 2.05) is 0 Å². The Morgan fingerprint density at radius 2 is 0.521 bits per heavy atom. The van der Waals surface area contributed by atoms with Gasteiger partial charge in [-0.1, -0.05) is 261 Å². The smallest absolute Gasteiger partial charge is 0.165 e. The Morgan fingerprint density at radius 1 is 0.202 bits per heavy atom. The summed E-state index contributed by atoms with van der Waals surface area (Å²) in [5.74, 6) is 1.68. The average Bonchev–Trinajstić information content (AvgIpc) is 1.54. The summed E-state index contributed by atoms with van der Waals surface area (Å²) in [6.07, 6.45) is 0. The molecule has 20 aromatic rings. The van der Waals surface area contributed by atoms with Gasteiger partial charge in [-0.15, -0.1) is 0 Å². The summed E-state index contributed by atoms with van der Waals surface area (Å²) in [5.41, 5.74) is 22.1. The maximum atomic E-state index is 5.62. The van der Waals surface area contributed by atoms with E-state index >= 15 is 0 Å². The molecule has 0 saturated carbocycles. The van der Waals surface area contributed by atoms with Crippen molar-refractivity contribution in [2.24, 2.45) is 0 Å². The molecule has 0 radical (unpaired) electrons. The average molecular weight is 1190 g/mol. The van der Waals surface area contributed by atoms with Crippen LogP contribution in [0.15, 0.2) is 303 Å². The van der Waals surface area contributed by atoms with Crippen molar-refractivity contribution in [1.29, 1.82) is 0 Å². The highest BCUT2D eigenvalue weighted by molar-refractivity contribution is 6.29. The fourth-order valence-corrected chi connectivity index (χ4v) is 16.2. The predicted octanol–water partition coefficient (Wildman–Crippen LogP) is 23.0. The molecule has 0 bridgehead atoms. The lowest BCUT2D eigenvalue weighted by Gasteiger charge is -2.17. The number of benzene rings is 16. The summed E-state index contributed by atoms with van der Waals surface area (Å²) >= 11 is 0. The molecule has 4 aromatic heterocycles. The number of aromatic nitrogens is 6. The first-order chi connectivity index (χ1) is 46.6. The molecule has 0 N–H and O–H groups in total. The van der Waals surface area contributed by atoms with Crippen LogP contribution in [0.5, 0.6) is 0 Å². The molecule has 94 heavy (non-hydrogen) atoms. The van der Waals surface area contributed by atoms with Gasteiger partial charge in [-0.25, -0.2) is 19.9 Å². The molecule has 16 aromatic carbocycles. The van der Waals surface area contributed by atoms with Gasteiger partial charge in [0.2, 0.25) is 0 Å². The van der Waals surface area contributed by atoms with Crippen molar-refractivity contribution in [3.63, 3.8) is 0 Å². The van der Waals surface area contributed by atoms with Crippen molar-refractivity contribution in [2.45, 2.75) is 0 Å². The molecule has 432 valence electrons. The lowest BCUT2D eigenvalue weighted by molar-refractivity contribution is 1.08. The monoisotopic (exact) mass is 1190 g/mol. The zero-order valence-electron chi connectivity index (χ0n) is 50.6. The third-order valence-electron chi connectivity index (χ3n) is 20.2. The molecule has 0 fully saturated rings. The first-order valence-electron chi connectivity index (χ1n) is 32.2. The number of hydrogen-bond donors (Lipinski definition) is 0. The Labute approximate surface area is 538 Å². The van der Waals surface area contributed by atoms with E-state index in [-0.39, 0.29) is 0 Å². The normalized spacial score (nSPS) is 12.3. The van der Waals surface area contributed by atoms with E-state index in [0.29, 0.717) is 0 Å². The van der Waals surface area contributed by atoms with Gasteiger partial charge >= 0.3 is 0 Å². The molecular formula is C88H50N6. The SMILES string of the molecule is c1ccc2c(-c3nc4ccc5ccccc5c4nc3-n3c4cccc5c4c4c(cccc43)-c3cccc4cccc-5c34)cccc2c1.c1ccc2cc(-c3nc4ccc5ccccc5c4nc3-n3c4cccc5c4c4c(cccc43)-c3cccc4cccc-5c34)ccc2c1. The van der Waals surface area contributed by atoms with Gasteiger partial charge in [0.1, 0.15) is 11.4 Å². The van der Waals surface area contributed by atoms with Crippen LogP contribution in [0, 0.1) is 0 Å². The molecular weight excluding hydrogens is 1140 g/mol. The van der Waals surface area contributed by atoms with Gasteiger partial charge in [-0.2, -0.15) is 0 Å². The summed E-state index contributed by atoms with van der Waals surface area (Å²) in [7, 11) is 0. The van der Waals surface area contributed by atoms with Crippen LogP contribution in [0.1, 0.15) is 0 Å². The molecule has 2 aliphatic carbocycles. The molecule has 4 heterocycles. The first-order valence-corrected chi connectivity index (χ1v) is 32.2. The second kappa shape index (κ2) is 19.4. The quantitative estimate of drug-likeness (QED) is 0.165. The number of fused-ring (bicyclic) bond motifs is 12. The molecule has 2 aliphatic rings. The highest BCUT2D eigenvalue weighted by atomic mass is 15.1. The first kappa shape index (κ1) is 51.1. The Morgan fingerprint density at radius 3 is 0.979 bits per heavy atom. The van der Waals surface area contributed by atoms with E-state index < -0.39 is 0 Å². The molecule has 22 rings (SSSR count).